The van der Waals surface area contributed by atoms with Crippen molar-refractivity contribution in [2.24, 2.45) is 12.8 Å². The van der Waals surface area contributed by atoms with Crippen LogP contribution in [0.2, 0.25) is 0 Å². The Morgan fingerprint density at radius 3 is 2.62 bits per heavy atom. The predicted octanol–water partition coefficient (Wildman–Crippen LogP) is 1.41. The summed E-state index contributed by atoms with van der Waals surface area (Å²) in [6.45, 7) is 1.23. The van der Waals surface area contributed by atoms with Gasteiger partial charge in [-0.15, -0.1) is 12.4 Å². The van der Waals surface area contributed by atoms with Crippen LogP contribution in [0, 0.1) is 0 Å². The fraction of sp³-hybridized carbons (Fsp3) is 0.333. The van der Waals surface area contributed by atoms with Gasteiger partial charge in [0.05, 0.1) is 6.33 Å². The SMILES string of the molecule is Cl.Cn1cnc(C(=O)N2C[C@@H](N)[C@H](c3ccccc3)C2)c1. The molecule has 0 bridgehead atoms. The highest BCUT2D eigenvalue weighted by molar-refractivity contribution is 5.92. The molecule has 0 saturated carbocycles. The molecular formula is C15H19ClN4O. The Bertz CT molecular complexity index is 613. The highest BCUT2D eigenvalue weighted by Crippen LogP contribution is 2.27. The van der Waals surface area contributed by atoms with Crippen LogP contribution in [-0.4, -0.2) is 39.5 Å². The second-order valence-corrected chi connectivity index (χ2v) is 5.32. The van der Waals surface area contributed by atoms with Crippen LogP contribution in [0.25, 0.3) is 0 Å². The van der Waals surface area contributed by atoms with Gasteiger partial charge in [-0.3, -0.25) is 4.79 Å². The minimum atomic E-state index is -0.0421. The van der Waals surface area contributed by atoms with Crippen molar-refractivity contribution < 1.29 is 4.79 Å². The van der Waals surface area contributed by atoms with Gasteiger partial charge in [0, 0.05) is 38.3 Å². The summed E-state index contributed by atoms with van der Waals surface area (Å²) < 4.78 is 1.78. The lowest BCUT2D eigenvalue weighted by atomic mass is 9.95. The number of aryl methyl sites for hydroxylation is 1. The van der Waals surface area contributed by atoms with E-state index in [4.69, 9.17) is 5.73 Å². The van der Waals surface area contributed by atoms with Crippen molar-refractivity contribution in [2.75, 3.05) is 13.1 Å². The Balaban J connectivity index is 0.00000161. The molecule has 2 aromatic rings. The lowest BCUT2D eigenvalue weighted by Gasteiger charge is -2.15. The Morgan fingerprint density at radius 2 is 2.00 bits per heavy atom. The van der Waals surface area contributed by atoms with E-state index >= 15 is 0 Å². The van der Waals surface area contributed by atoms with E-state index in [9.17, 15) is 4.79 Å². The summed E-state index contributed by atoms with van der Waals surface area (Å²) in [5.41, 5.74) is 7.87. The van der Waals surface area contributed by atoms with E-state index in [2.05, 4.69) is 17.1 Å². The molecule has 1 fully saturated rings. The number of hydrogen-bond acceptors (Lipinski definition) is 3. The van der Waals surface area contributed by atoms with Crippen LogP contribution in [0.3, 0.4) is 0 Å². The maximum Gasteiger partial charge on any atom is 0.274 e. The standard InChI is InChI=1S/C15H18N4O.ClH/c1-18-9-14(17-10-18)15(20)19-7-12(13(16)8-19)11-5-3-2-4-6-11;/h2-6,9-10,12-13H,7-8,16H2,1H3;1H/t12-,13+;/m0./s1. The first-order valence-corrected chi connectivity index (χ1v) is 6.73. The van der Waals surface area contributed by atoms with Crippen molar-refractivity contribution in [2.45, 2.75) is 12.0 Å². The molecule has 0 aliphatic carbocycles. The predicted molar refractivity (Wildman–Crippen MR) is 83.5 cm³/mol. The van der Waals surface area contributed by atoms with Gasteiger partial charge in [0.25, 0.3) is 5.91 Å². The van der Waals surface area contributed by atoms with Gasteiger partial charge >= 0.3 is 0 Å². The van der Waals surface area contributed by atoms with Crippen LogP contribution in [-0.2, 0) is 7.05 Å². The van der Waals surface area contributed by atoms with E-state index in [1.54, 1.807) is 22.0 Å². The minimum Gasteiger partial charge on any atom is -0.340 e. The molecule has 1 aromatic heterocycles. The van der Waals surface area contributed by atoms with Gasteiger partial charge in [0.1, 0.15) is 5.69 Å². The third-order valence-corrected chi connectivity index (χ3v) is 3.80. The van der Waals surface area contributed by atoms with Crippen molar-refractivity contribution in [1.29, 1.82) is 0 Å². The van der Waals surface area contributed by atoms with Gasteiger partial charge < -0.3 is 15.2 Å². The number of carbonyl (C=O) groups is 1. The summed E-state index contributed by atoms with van der Waals surface area (Å²) in [4.78, 5) is 18.3. The van der Waals surface area contributed by atoms with Gasteiger partial charge in [-0.25, -0.2) is 4.98 Å². The average molecular weight is 307 g/mol. The molecule has 0 spiro atoms. The van der Waals surface area contributed by atoms with Crippen LogP contribution in [0.4, 0.5) is 0 Å². The molecule has 21 heavy (non-hydrogen) atoms. The number of hydrogen-bond donors (Lipinski definition) is 1. The van der Waals surface area contributed by atoms with Gasteiger partial charge in [-0.1, -0.05) is 30.3 Å². The first-order chi connectivity index (χ1) is 9.65. The normalized spacial score (nSPS) is 21.1. The quantitative estimate of drug-likeness (QED) is 0.912. The highest BCUT2D eigenvalue weighted by Gasteiger charge is 2.34. The number of carbonyl (C=O) groups excluding carboxylic acids is 1. The molecule has 2 heterocycles. The number of halogens is 1. The summed E-state index contributed by atoms with van der Waals surface area (Å²) in [5, 5.41) is 0. The van der Waals surface area contributed by atoms with E-state index in [1.807, 2.05) is 25.2 Å². The van der Waals surface area contributed by atoms with E-state index in [1.165, 1.54) is 5.56 Å². The Kier molecular flexibility index (Phi) is 4.65. The molecule has 112 valence electrons. The average Bonchev–Trinajstić information content (AvgIpc) is 3.05. The highest BCUT2D eigenvalue weighted by atomic mass is 35.5. The second-order valence-electron chi connectivity index (χ2n) is 5.32. The third-order valence-electron chi connectivity index (χ3n) is 3.80. The number of rotatable bonds is 2. The van der Waals surface area contributed by atoms with Crippen molar-refractivity contribution in [3.63, 3.8) is 0 Å². The smallest absolute Gasteiger partial charge is 0.274 e. The zero-order valence-corrected chi connectivity index (χ0v) is 12.7. The first kappa shape index (κ1) is 15.5. The second kappa shape index (κ2) is 6.28. The summed E-state index contributed by atoms with van der Waals surface area (Å²) in [6, 6.07) is 10.1. The summed E-state index contributed by atoms with van der Waals surface area (Å²) in [5.74, 6) is 0.156. The number of benzene rings is 1. The maximum atomic E-state index is 12.4. The van der Waals surface area contributed by atoms with E-state index < -0.39 is 0 Å². The lowest BCUT2D eigenvalue weighted by Crippen LogP contribution is -2.32. The van der Waals surface area contributed by atoms with E-state index in [0.29, 0.717) is 18.8 Å². The lowest BCUT2D eigenvalue weighted by molar-refractivity contribution is 0.0784. The van der Waals surface area contributed by atoms with Gasteiger partial charge in [-0.2, -0.15) is 0 Å². The van der Waals surface area contributed by atoms with Crippen LogP contribution < -0.4 is 5.73 Å². The monoisotopic (exact) mass is 306 g/mol. The molecule has 0 radical (unpaired) electrons. The van der Waals surface area contributed by atoms with E-state index in [0.717, 1.165) is 0 Å². The number of imidazole rings is 1. The van der Waals surface area contributed by atoms with Crippen molar-refractivity contribution >= 4 is 18.3 Å². The largest absolute Gasteiger partial charge is 0.340 e. The van der Waals surface area contributed by atoms with Crippen LogP contribution in [0.5, 0.6) is 0 Å². The number of likely N-dealkylation sites (tertiary alicyclic amines) is 1. The zero-order chi connectivity index (χ0) is 14.1. The molecule has 5 nitrogen and oxygen atoms in total. The number of nitrogens with zero attached hydrogens (tertiary/aromatic N) is 3. The van der Waals surface area contributed by atoms with Crippen molar-refractivity contribution in [3.05, 3.63) is 54.1 Å². The number of aromatic nitrogens is 2. The molecule has 1 aliphatic heterocycles. The summed E-state index contributed by atoms with van der Waals surface area (Å²) in [6.07, 6.45) is 3.38. The van der Waals surface area contributed by atoms with Gasteiger partial charge in [0.15, 0.2) is 0 Å². The zero-order valence-electron chi connectivity index (χ0n) is 11.8. The molecule has 0 unspecified atom stereocenters. The first-order valence-electron chi connectivity index (χ1n) is 6.73. The molecular weight excluding hydrogens is 288 g/mol. The number of amides is 1. The molecule has 3 rings (SSSR count). The Morgan fingerprint density at radius 1 is 1.29 bits per heavy atom. The van der Waals surface area contributed by atoms with E-state index in [-0.39, 0.29) is 30.3 Å². The molecule has 1 amide bonds. The minimum absolute atomic E-state index is 0. The molecule has 6 heteroatoms. The summed E-state index contributed by atoms with van der Waals surface area (Å²) in [7, 11) is 1.85. The van der Waals surface area contributed by atoms with Crippen molar-refractivity contribution in [1.82, 2.24) is 14.5 Å². The van der Waals surface area contributed by atoms with Crippen molar-refractivity contribution in [3.8, 4) is 0 Å². The Hall–Kier alpha value is -1.85. The third kappa shape index (κ3) is 3.09. The number of nitrogens with two attached hydrogens (primary N) is 1. The van der Waals surface area contributed by atoms with Crippen LogP contribution in [0.1, 0.15) is 22.0 Å². The van der Waals surface area contributed by atoms with Gasteiger partial charge in [0.2, 0.25) is 0 Å². The topological polar surface area (TPSA) is 64.2 Å². The summed E-state index contributed by atoms with van der Waals surface area (Å²) >= 11 is 0. The maximum absolute atomic E-state index is 12.4. The van der Waals surface area contributed by atoms with Crippen LogP contribution >= 0.6 is 12.4 Å². The fourth-order valence-electron chi connectivity index (χ4n) is 2.73. The molecule has 2 N–H and O–H groups in total. The molecule has 1 aromatic carbocycles. The van der Waals surface area contributed by atoms with Gasteiger partial charge in [-0.05, 0) is 5.56 Å². The molecule has 1 saturated heterocycles. The fourth-order valence-corrected chi connectivity index (χ4v) is 2.73. The molecule has 1 aliphatic rings. The van der Waals surface area contributed by atoms with Crippen LogP contribution in [0.15, 0.2) is 42.9 Å². The Labute approximate surface area is 130 Å². The molecule has 2 atom stereocenters.